The third-order valence-corrected chi connectivity index (χ3v) is 12.8. The number of carbonyl (C=O) groups excluding carboxylic acids is 2. The maximum absolute atomic E-state index is 14.6. The van der Waals surface area contributed by atoms with Crippen LogP contribution in [0.2, 0.25) is 0 Å². The van der Waals surface area contributed by atoms with E-state index in [1.165, 1.54) is 0 Å². The normalized spacial score (nSPS) is 19.4. The van der Waals surface area contributed by atoms with Crippen molar-refractivity contribution < 1.29 is 32.8 Å². The lowest BCUT2D eigenvalue weighted by Gasteiger charge is -2.27. The van der Waals surface area contributed by atoms with Crippen molar-refractivity contribution in [3.05, 3.63) is 136 Å². The molecule has 0 spiro atoms. The van der Waals surface area contributed by atoms with Crippen LogP contribution in [0.5, 0.6) is 0 Å². The highest BCUT2D eigenvalue weighted by Gasteiger charge is 2.44. The molecule has 3 aliphatic rings. The number of carboxylic acid groups (broad SMARTS) is 2. The van der Waals surface area contributed by atoms with E-state index in [4.69, 9.17) is 0 Å². The lowest BCUT2D eigenvalue weighted by molar-refractivity contribution is -0.438. The molecule has 0 saturated carbocycles. The zero-order chi connectivity index (χ0) is 38.0. The van der Waals surface area contributed by atoms with Crippen molar-refractivity contribution in [2.45, 2.75) is 88.4 Å². The lowest BCUT2D eigenvalue weighted by atomic mass is 9.81. The first-order valence-corrected chi connectivity index (χ1v) is 19.9. The molecule has 0 aromatic heterocycles. The summed E-state index contributed by atoms with van der Waals surface area (Å²) in [6, 6.07) is 24.8. The Bertz CT molecular complexity index is 2190. The van der Waals surface area contributed by atoms with Gasteiger partial charge in [0.05, 0.1) is 15.2 Å². The summed E-state index contributed by atoms with van der Waals surface area (Å²) in [5.41, 5.74) is 6.84. The Morgan fingerprint density at radius 2 is 1.42 bits per heavy atom. The van der Waals surface area contributed by atoms with E-state index in [0.29, 0.717) is 43.7 Å². The summed E-state index contributed by atoms with van der Waals surface area (Å²) in [6.07, 6.45) is 10.6. The van der Waals surface area contributed by atoms with Gasteiger partial charge in [-0.2, -0.15) is 4.58 Å². The van der Waals surface area contributed by atoms with Gasteiger partial charge in [0, 0.05) is 59.4 Å². The zero-order valence-electron chi connectivity index (χ0n) is 30.9. The molecule has 1 aliphatic carbocycles. The first-order valence-electron chi connectivity index (χ1n) is 18.4. The average molecular weight is 732 g/mol. The number of carbonyl (C=O) groups is 2. The van der Waals surface area contributed by atoms with Crippen molar-refractivity contribution >= 4 is 38.9 Å². The van der Waals surface area contributed by atoms with E-state index in [0.717, 1.165) is 51.5 Å². The molecular weight excluding hydrogens is 685 g/mol. The first-order chi connectivity index (χ1) is 25.2. The molecule has 2 aliphatic heterocycles. The summed E-state index contributed by atoms with van der Waals surface area (Å²) >= 11 is 0. The maximum atomic E-state index is 14.6. The average Bonchev–Trinajstić information content (AvgIpc) is 3.48. The lowest BCUT2D eigenvalue weighted by Crippen LogP contribution is -2.29. The van der Waals surface area contributed by atoms with Gasteiger partial charge < -0.3 is 24.7 Å². The Balaban J connectivity index is 1.48. The summed E-state index contributed by atoms with van der Waals surface area (Å²) in [4.78, 5) is 25.3. The van der Waals surface area contributed by atoms with Crippen LogP contribution < -0.4 is 15.1 Å². The SMILES string of the molecule is CC1(C)C(/C=C/C2=C(S(=O)(=O)c3ccccc3)C(=C/C=C3/N(CCCC(=O)[O-])c4ccccc4C3(C)C)/CCC2)=[N+](CCCC(=O)[O-])c2ccccc21. The van der Waals surface area contributed by atoms with Gasteiger partial charge in [-0.3, -0.25) is 0 Å². The van der Waals surface area contributed by atoms with Gasteiger partial charge in [0.25, 0.3) is 0 Å². The van der Waals surface area contributed by atoms with Crippen molar-refractivity contribution in [1.29, 1.82) is 0 Å². The number of anilines is 1. The van der Waals surface area contributed by atoms with Gasteiger partial charge in [-0.05, 0) is 93.4 Å². The summed E-state index contributed by atoms with van der Waals surface area (Å²) in [6.45, 7) is 9.52. The van der Waals surface area contributed by atoms with Crippen molar-refractivity contribution in [3.8, 4) is 0 Å². The van der Waals surface area contributed by atoms with E-state index in [9.17, 15) is 28.2 Å². The number of hydrogen-bond acceptors (Lipinski definition) is 7. The Morgan fingerprint density at radius 3 is 2.13 bits per heavy atom. The summed E-state index contributed by atoms with van der Waals surface area (Å²) in [5, 5.41) is 22.6. The second kappa shape index (κ2) is 15.1. The van der Waals surface area contributed by atoms with Gasteiger partial charge in [0.15, 0.2) is 5.71 Å². The fourth-order valence-corrected chi connectivity index (χ4v) is 9.95. The zero-order valence-corrected chi connectivity index (χ0v) is 31.7. The van der Waals surface area contributed by atoms with Crippen LogP contribution in [0.4, 0.5) is 11.4 Å². The number of benzene rings is 3. The smallest absolute Gasteiger partial charge is 0.209 e. The third kappa shape index (κ3) is 7.45. The molecule has 2 heterocycles. The molecule has 53 heavy (non-hydrogen) atoms. The molecule has 0 saturated heterocycles. The second-order valence-electron chi connectivity index (χ2n) is 15.0. The fraction of sp³-hybridized carbons (Fsp3) is 0.341. The molecule has 6 rings (SSSR count). The largest absolute Gasteiger partial charge is 0.550 e. The Kier molecular flexibility index (Phi) is 10.8. The van der Waals surface area contributed by atoms with Crippen LogP contribution in [0.25, 0.3) is 0 Å². The number of hydrogen-bond donors (Lipinski definition) is 0. The summed E-state index contributed by atoms with van der Waals surface area (Å²) in [5.74, 6) is -2.17. The summed E-state index contributed by atoms with van der Waals surface area (Å²) < 4.78 is 31.4. The molecule has 0 atom stereocenters. The highest BCUT2D eigenvalue weighted by Crippen LogP contribution is 2.48. The van der Waals surface area contributed by atoms with Gasteiger partial charge in [-0.15, -0.1) is 0 Å². The molecule has 8 nitrogen and oxygen atoms in total. The van der Waals surface area contributed by atoms with Gasteiger partial charge in [-0.25, -0.2) is 8.42 Å². The van der Waals surface area contributed by atoms with Crippen molar-refractivity contribution in [2.75, 3.05) is 18.0 Å². The Labute approximate surface area is 313 Å². The summed E-state index contributed by atoms with van der Waals surface area (Å²) in [7, 11) is -3.94. The number of rotatable bonds is 13. The minimum Gasteiger partial charge on any atom is -0.550 e. The van der Waals surface area contributed by atoms with Crippen LogP contribution in [-0.4, -0.2) is 43.7 Å². The molecule has 9 heteroatoms. The van der Waals surface area contributed by atoms with E-state index in [1.54, 1.807) is 30.3 Å². The van der Waals surface area contributed by atoms with Crippen molar-refractivity contribution in [3.63, 3.8) is 0 Å². The molecule has 0 N–H and O–H groups in total. The van der Waals surface area contributed by atoms with Crippen LogP contribution >= 0.6 is 0 Å². The van der Waals surface area contributed by atoms with E-state index in [1.807, 2.05) is 60.7 Å². The molecular formula is C44H47N2O6S-. The quantitative estimate of drug-likeness (QED) is 0.192. The monoisotopic (exact) mass is 731 g/mol. The standard InChI is InChI=1S/C44H48N2O6S/c1-43(2)34-19-8-10-21-36(34)45(29-13-23-40(47)48)38(43)27-25-31-15-12-16-32(42(31)53(51,52)33-17-6-5-7-18-33)26-28-39-44(3,4)35-20-9-11-22-37(35)46(39)30-14-24-41(49)50/h5-11,17-22,25-28H,12-16,23-24,29-30H2,1-4H3,(H-,47,48,49,50)/p-1. The predicted molar refractivity (Wildman–Crippen MR) is 204 cm³/mol. The van der Waals surface area contributed by atoms with Gasteiger partial charge in [0.2, 0.25) is 15.5 Å². The first kappa shape index (κ1) is 37.7. The highest BCUT2D eigenvalue weighted by atomic mass is 32.2. The topological polar surface area (TPSA) is 121 Å². The maximum Gasteiger partial charge on any atom is 0.209 e. The van der Waals surface area contributed by atoms with Gasteiger partial charge in [0.1, 0.15) is 6.54 Å². The molecule has 0 radical (unpaired) electrons. The van der Waals surface area contributed by atoms with Gasteiger partial charge in [-0.1, -0.05) is 80.6 Å². The number of sulfone groups is 1. The third-order valence-electron chi connectivity index (χ3n) is 10.8. The van der Waals surface area contributed by atoms with Crippen LogP contribution in [0.15, 0.2) is 130 Å². The Morgan fingerprint density at radius 1 is 0.774 bits per heavy atom. The van der Waals surface area contributed by atoms with Crippen molar-refractivity contribution in [1.82, 2.24) is 0 Å². The molecule has 0 amide bonds. The number of aliphatic carboxylic acids is 2. The number of nitrogens with zero attached hydrogens (tertiary/aromatic N) is 2. The Hall–Kier alpha value is -5.02. The van der Waals surface area contributed by atoms with Crippen LogP contribution in [0.1, 0.15) is 83.8 Å². The van der Waals surface area contributed by atoms with Crippen LogP contribution in [-0.2, 0) is 30.3 Å². The minimum atomic E-state index is -3.94. The van der Waals surface area contributed by atoms with E-state index < -0.39 is 32.6 Å². The van der Waals surface area contributed by atoms with E-state index in [-0.39, 0.29) is 17.7 Å². The predicted octanol–water partition coefficient (Wildman–Crippen LogP) is 6.20. The number of fused-ring (bicyclic) bond motifs is 2. The fourth-order valence-electron chi connectivity index (χ4n) is 8.17. The number of carboxylic acids is 2. The van der Waals surface area contributed by atoms with Crippen LogP contribution in [0.3, 0.4) is 0 Å². The molecule has 3 aromatic carbocycles. The van der Waals surface area contributed by atoms with Crippen molar-refractivity contribution in [2.24, 2.45) is 0 Å². The number of allylic oxidation sites excluding steroid dienone is 7. The highest BCUT2D eigenvalue weighted by molar-refractivity contribution is 7.95. The molecule has 0 unspecified atom stereocenters. The minimum absolute atomic E-state index is 0.0551. The molecule has 0 bridgehead atoms. The number of para-hydroxylation sites is 2. The van der Waals surface area contributed by atoms with Gasteiger partial charge >= 0.3 is 0 Å². The van der Waals surface area contributed by atoms with E-state index in [2.05, 4.69) is 49.3 Å². The second-order valence-corrected chi connectivity index (χ2v) is 16.9. The molecule has 3 aromatic rings. The van der Waals surface area contributed by atoms with Crippen LogP contribution in [0, 0.1) is 0 Å². The van der Waals surface area contributed by atoms with E-state index >= 15 is 0 Å². The molecule has 0 fully saturated rings. The molecule has 276 valence electrons.